The van der Waals surface area contributed by atoms with Gasteiger partial charge in [-0.2, -0.15) is 0 Å². The highest BCUT2D eigenvalue weighted by Crippen LogP contribution is 2.34. The van der Waals surface area contributed by atoms with Crippen LogP contribution in [0, 0.1) is 0 Å². The molecular weight excluding hydrogens is 238 g/mol. The van der Waals surface area contributed by atoms with Crippen LogP contribution in [0.2, 0.25) is 0 Å². The van der Waals surface area contributed by atoms with E-state index < -0.39 is 0 Å². The largest absolute Gasteiger partial charge is 0.494 e. The second-order valence-electron chi connectivity index (χ2n) is 5.37. The third kappa shape index (κ3) is 2.39. The Hall–Kier alpha value is -1.71. The predicted molar refractivity (Wildman–Crippen MR) is 78.4 cm³/mol. The Morgan fingerprint density at radius 3 is 2.53 bits per heavy atom. The van der Waals surface area contributed by atoms with E-state index in [1.165, 1.54) is 5.56 Å². The molecule has 19 heavy (non-hydrogen) atoms. The Morgan fingerprint density at radius 2 is 2.00 bits per heavy atom. The predicted octanol–water partition coefficient (Wildman–Crippen LogP) is 2.34. The number of nitrogens with zero attached hydrogens (tertiary/aromatic N) is 2. The Morgan fingerprint density at radius 1 is 1.37 bits per heavy atom. The van der Waals surface area contributed by atoms with E-state index in [1.54, 1.807) is 0 Å². The minimum absolute atomic E-state index is 0.164. The average Bonchev–Trinajstić information content (AvgIpc) is 2.67. The van der Waals surface area contributed by atoms with Crippen molar-refractivity contribution in [2.45, 2.75) is 39.3 Å². The molecule has 1 aliphatic rings. The van der Waals surface area contributed by atoms with Gasteiger partial charge in [0, 0.05) is 6.04 Å². The van der Waals surface area contributed by atoms with Crippen molar-refractivity contribution in [3.63, 3.8) is 0 Å². The van der Waals surface area contributed by atoms with Crippen molar-refractivity contribution in [1.29, 1.82) is 0 Å². The fraction of sp³-hybridized carbons (Fsp3) is 0.533. The molecule has 1 unspecified atom stereocenters. The Balaban J connectivity index is 2.29. The first kappa shape index (κ1) is 13.7. The average molecular weight is 261 g/mol. The molecule has 1 heterocycles. The van der Waals surface area contributed by atoms with Gasteiger partial charge in [-0.15, -0.1) is 0 Å². The van der Waals surface area contributed by atoms with Crippen LogP contribution in [0.5, 0.6) is 5.75 Å². The number of ether oxygens (including phenoxy) is 1. The maximum absolute atomic E-state index is 6.02. The molecule has 0 saturated heterocycles. The van der Waals surface area contributed by atoms with E-state index in [0.29, 0.717) is 25.2 Å². The van der Waals surface area contributed by atoms with Crippen molar-refractivity contribution in [3.8, 4) is 5.75 Å². The summed E-state index contributed by atoms with van der Waals surface area (Å²) in [6, 6.07) is 8.56. The second kappa shape index (κ2) is 5.11. The van der Waals surface area contributed by atoms with Gasteiger partial charge in [-0.3, -0.25) is 4.99 Å². The molecule has 4 nitrogen and oxygen atoms in total. The van der Waals surface area contributed by atoms with Crippen LogP contribution in [0.15, 0.2) is 29.3 Å². The van der Waals surface area contributed by atoms with Crippen molar-refractivity contribution >= 4 is 5.96 Å². The lowest BCUT2D eigenvalue weighted by atomic mass is 9.90. The van der Waals surface area contributed by atoms with Crippen LogP contribution in [0.25, 0.3) is 0 Å². The number of benzene rings is 1. The Kier molecular flexibility index (Phi) is 3.69. The Bertz CT molecular complexity index is 467. The number of guanidine groups is 1. The van der Waals surface area contributed by atoms with Gasteiger partial charge in [0.2, 0.25) is 0 Å². The number of hydrogen-bond acceptors (Lipinski definition) is 4. The molecule has 0 radical (unpaired) electrons. The molecule has 1 aliphatic heterocycles. The SMILES string of the molecule is CCOc1ccc(C2(C)CN=C(N)N2C(C)C)cc1. The first-order chi connectivity index (χ1) is 8.99. The molecule has 0 fully saturated rings. The summed E-state index contributed by atoms with van der Waals surface area (Å²) in [6.07, 6.45) is 0. The van der Waals surface area contributed by atoms with E-state index in [9.17, 15) is 0 Å². The zero-order valence-electron chi connectivity index (χ0n) is 12.2. The number of aliphatic imine (C=N–C) groups is 1. The van der Waals surface area contributed by atoms with Gasteiger partial charge in [0.15, 0.2) is 5.96 Å². The third-order valence-electron chi connectivity index (χ3n) is 3.63. The van der Waals surface area contributed by atoms with E-state index in [1.807, 2.05) is 19.1 Å². The third-order valence-corrected chi connectivity index (χ3v) is 3.63. The van der Waals surface area contributed by atoms with Crippen LogP contribution >= 0.6 is 0 Å². The molecule has 0 bridgehead atoms. The van der Waals surface area contributed by atoms with Crippen LogP contribution in [0.4, 0.5) is 0 Å². The second-order valence-corrected chi connectivity index (χ2v) is 5.37. The van der Waals surface area contributed by atoms with Crippen molar-refractivity contribution < 1.29 is 4.74 Å². The highest BCUT2D eigenvalue weighted by atomic mass is 16.5. The van der Waals surface area contributed by atoms with Gasteiger partial charge < -0.3 is 15.4 Å². The lowest BCUT2D eigenvalue weighted by Gasteiger charge is -2.39. The molecule has 104 valence electrons. The summed E-state index contributed by atoms with van der Waals surface area (Å²) in [5.41, 5.74) is 7.07. The molecule has 0 amide bonds. The van der Waals surface area contributed by atoms with Crippen molar-refractivity contribution in [2.24, 2.45) is 10.7 Å². The topological polar surface area (TPSA) is 50.9 Å². The summed E-state index contributed by atoms with van der Waals surface area (Å²) < 4.78 is 5.48. The molecule has 1 atom stereocenters. The van der Waals surface area contributed by atoms with E-state index in [-0.39, 0.29) is 5.54 Å². The van der Waals surface area contributed by atoms with Crippen molar-refractivity contribution in [3.05, 3.63) is 29.8 Å². The van der Waals surface area contributed by atoms with E-state index >= 15 is 0 Å². The summed E-state index contributed by atoms with van der Waals surface area (Å²) in [5.74, 6) is 1.53. The van der Waals surface area contributed by atoms with Gasteiger partial charge in [-0.25, -0.2) is 0 Å². The molecule has 0 aliphatic carbocycles. The summed E-state index contributed by atoms with van der Waals surface area (Å²) in [6.45, 7) is 9.84. The fourth-order valence-corrected chi connectivity index (χ4v) is 2.78. The van der Waals surface area contributed by atoms with Crippen molar-refractivity contribution in [1.82, 2.24) is 4.90 Å². The molecule has 0 aromatic heterocycles. The van der Waals surface area contributed by atoms with Crippen LogP contribution in [0.1, 0.15) is 33.3 Å². The van der Waals surface area contributed by atoms with E-state index in [4.69, 9.17) is 10.5 Å². The van der Waals surface area contributed by atoms with E-state index in [0.717, 1.165) is 5.75 Å². The highest BCUT2D eigenvalue weighted by molar-refractivity contribution is 5.81. The quantitative estimate of drug-likeness (QED) is 0.905. The van der Waals surface area contributed by atoms with Gasteiger partial charge >= 0.3 is 0 Å². The first-order valence-corrected chi connectivity index (χ1v) is 6.81. The molecule has 1 aromatic rings. The van der Waals surface area contributed by atoms with Gasteiger partial charge in [-0.1, -0.05) is 12.1 Å². The maximum Gasteiger partial charge on any atom is 0.192 e. The lowest BCUT2D eigenvalue weighted by molar-refractivity contribution is 0.185. The molecule has 4 heteroatoms. The van der Waals surface area contributed by atoms with Gasteiger partial charge in [0.1, 0.15) is 5.75 Å². The number of rotatable bonds is 4. The zero-order valence-corrected chi connectivity index (χ0v) is 12.2. The molecule has 0 saturated carbocycles. The number of hydrogen-bond donors (Lipinski definition) is 1. The van der Waals surface area contributed by atoms with Gasteiger partial charge in [0.25, 0.3) is 0 Å². The highest BCUT2D eigenvalue weighted by Gasteiger charge is 2.40. The van der Waals surface area contributed by atoms with Crippen LogP contribution in [-0.4, -0.2) is 30.1 Å². The van der Waals surface area contributed by atoms with Gasteiger partial charge in [0.05, 0.1) is 18.7 Å². The van der Waals surface area contributed by atoms with Crippen LogP contribution < -0.4 is 10.5 Å². The van der Waals surface area contributed by atoms with Crippen LogP contribution in [0.3, 0.4) is 0 Å². The molecule has 2 rings (SSSR count). The minimum Gasteiger partial charge on any atom is -0.494 e. The monoisotopic (exact) mass is 261 g/mol. The molecule has 1 aromatic carbocycles. The smallest absolute Gasteiger partial charge is 0.192 e. The summed E-state index contributed by atoms with van der Waals surface area (Å²) in [4.78, 5) is 6.60. The maximum atomic E-state index is 6.02. The molecule has 2 N–H and O–H groups in total. The molecule has 0 spiro atoms. The Labute approximate surface area is 115 Å². The van der Waals surface area contributed by atoms with Crippen molar-refractivity contribution in [2.75, 3.05) is 13.2 Å². The molecular formula is C15H23N3O. The van der Waals surface area contributed by atoms with Crippen LogP contribution in [-0.2, 0) is 5.54 Å². The summed E-state index contributed by atoms with van der Waals surface area (Å²) in [7, 11) is 0. The normalized spacial score (nSPS) is 22.8. The first-order valence-electron chi connectivity index (χ1n) is 6.81. The zero-order chi connectivity index (χ0) is 14.0. The number of nitrogens with two attached hydrogens (primary N) is 1. The summed E-state index contributed by atoms with van der Waals surface area (Å²) >= 11 is 0. The van der Waals surface area contributed by atoms with E-state index in [2.05, 4.69) is 42.8 Å². The summed E-state index contributed by atoms with van der Waals surface area (Å²) in [5, 5.41) is 0. The lowest BCUT2D eigenvalue weighted by Crippen LogP contribution is -2.50. The van der Waals surface area contributed by atoms with Gasteiger partial charge in [-0.05, 0) is 45.4 Å². The standard InChI is InChI=1S/C15H23N3O/c1-5-19-13-8-6-12(7-9-13)15(4)10-17-14(16)18(15)11(2)3/h6-9,11H,5,10H2,1-4H3,(H2,16,17). The minimum atomic E-state index is -0.164. The fourth-order valence-electron chi connectivity index (χ4n) is 2.78.